The molecule has 0 aliphatic heterocycles. The molecule has 0 radical (unpaired) electrons. The van der Waals surface area contributed by atoms with Crippen LogP contribution in [0.4, 0.5) is 5.69 Å². The molecule has 0 spiro atoms. The van der Waals surface area contributed by atoms with Gasteiger partial charge in [0.1, 0.15) is 11.5 Å². The van der Waals surface area contributed by atoms with Crippen molar-refractivity contribution >= 4 is 23.5 Å². The highest BCUT2D eigenvalue weighted by Crippen LogP contribution is 2.24. The number of hydrogen-bond acceptors (Lipinski definition) is 6. The van der Waals surface area contributed by atoms with E-state index < -0.39 is 24.4 Å². The fourth-order valence-corrected chi connectivity index (χ4v) is 2.31. The van der Waals surface area contributed by atoms with Gasteiger partial charge in [-0.2, -0.15) is 0 Å². The number of benzene rings is 2. The summed E-state index contributed by atoms with van der Waals surface area (Å²) in [6.45, 7) is 1.11. The third-order valence-corrected chi connectivity index (χ3v) is 3.71. The number of ether oxygens (including phenoxy) is 3. The molecule has 0 heterocycles. The number of hydrogen-bond donors (Lipinski definition) is 2. The Morgan fingerprint density at radius 2 is 1.75 bits per heavy atom. The monoisotopic (exact) mass is 386 g/mol. The molecule has 148 valence electrons. The molecule has 2 rings (SSSR count). The van der Waals surface area contributed by atoms with Crippen molar-refractivity contribution in [3.05, 3.63) is 53.6 Å². The second-order valence-electron chi connectivity index (χ2n) is 5.84. The summed E-state index contributed by atoms with van der Waals surface area (Å²) in [4.78, 5) is 35.8. The van der Waals surface area contributed by atoms with Gasteiger partial charge >= 0.3 is 5.97 Å². The van der Waals surface area contributed by atoms with Crippen LogP contribution in [-0.2, 0) is 14.3 Å². The molecule has 0 aliphatic carbocycles. The molecule has 0 saturated carbocycles. The van der Waals surface area contributed by atoms with Crippen molar-refractivity contribution in [2.45, 2.75) is 6.92 Å². The van der Waals surface area contributed by atoms with E-state index in [9.17, 15) is 14.4 Å². The molecule has 0 fully saturated rings. The fraction of sp³-hybridized carbons (Fsp3) is 0.250. The van der Waals surface area contributed by atoms with Crippen molar-refractivity contribution in [3.8, 4) is 11.5 Å². The lowest BCUT2D eigenvalue weighted by atomic mass is 10.2. The molecule has 2 aromatic carbocycles. The van der Waals surface area contributed by atoms with Gasteiger partial charge in [0, 0.05) is 0 Å². The van der Waals surface area contributed by atoms with Gasteiger partial charge in [-0.25, -0.2) is 4.79 Å². The van der Waals surface area contributed by atoms with Gasteiger partial charge in [-0.15, -0.1) is 0 Å². The molecule has 2 N–H and O–H groups in total. The van der Waals surface area contributed by atoms with E-state index in [0.29, 0.717) is 17.2 Å². The Morgan fingerprint density at radius 3 is 2.46 bits per heavy atom. The minimum absolute atomic E-state index is 0.261. The van der Waals surface area contributed by atoms with Crippen molar-refractivity contribution in [1.29, 1.82) is 0 Å². The maximum absolute atomic E-state index is 12.0. The predicted octanol–water partition coefficient (Wildman–Crippen LogP) is 1.92. The first-order chi connectivity index (χ1) is 13.4. The highest BCUT2D eigenvalue weighted by atomic mass is 16.5. The smallest absolute Gasteiger partial charge is 0.338 e. The maximum Gasteiger partial charge on any atom is 0.338 e. The van der Waals surface area contributed by atoms with E-state index in [1.165, 1.54) is 20.3 Å². The van der Waals surface area contributed by atoms with Crippen LogP contribution in [0.2, 0.25) is 0 Å². The minimum Gasteiger partial charge on any atom is -0.497 e. The van der Waals surface area contributed by atoms with Crippen molar-refractivity contribution in [2.75, 3.05) is 32.7 Å². The molecule has 2 aromatic rings. The molecule has 8 nitrogen and oxygen atoms in total. The number of methoxy groups -OCH3 is 2. The van der Waals surface area contributed by atoms with Crippen LogP contribution in [0.25, 0.3) is 0 Å². The number of esters is 1. The number of anilines is 1. The van der Waals surface area contributed by atoms with Gasteiger partial charge in [0.15, 0.2) is 6.61 Å². The van der Waals surface area contributed by atoms with E-state index in [4.69, 9.17) is 14.2 Å². The molecule has 2 amide bonds. The SMILES string of the molecule is COc1cccc(C(=O)OCC(=O)NCC(=O)Nc2cc(C)ccc2OC)c1. The second-order valence-corrected chi connectivity index (χ2v) is 5.84. The van der Waals surface area contributed by atoms with E-state index in [0.717, 1.165) is 5.56 Å². The molecule has 8 heteroatoms. The van der Waals surface area contributed by atoms with E-state index >= 15 is 0 Å². The summed E-state index contributed by atoms with van der Waals surface area (Å²) in [6.07, 6.45) is 0. The van der Waals surface area contributed by atoms with E-state index in [1.54, 1.807) is 30.3 Å². The quantitative estimate of drug-likeness (QED) is 0.672. The molecule has 0 atom stereocenters. The first-order valence-corrected chi connectivity index (χ1v) is 8.45. The lowest BCUT2D eigenvalue weighted by molar-refractivity contribution is -0.126. The summed E-state index contributed by atoms with van der Waals surface area (Å²) in [5, 5.41) is 5.05. The van der Waals surface area contributed by atoms with Gasteiger partial charge in [-0.3, -0.25) is 9.59 Å². The first-order valence-electron chi connectivity index (χ1n) is 8.45. The van der Waals surface area contributed by atoms with Crippen LogP contribution in [-0.4, -0.2) is 45.2 Å². The summed E-state index contributed by atoms with van der Waals surface area (Å²) in [5.41, 5.74) is 1.72. The molecule has 0 saturated heterocycles. The summed E-state index contributed by atoms with van der Waals surface area (Å²) in [7, 11) is 2.98. The Bertz CT molecular complexity index is 866. The Morgan fingerprint density at radius 1 is 0.964 bits per heavy atom. The highest BCUT2D eigenvalue weighted by Gasteiger charge is 2.13. The topological polar surface area (TPSA) is 103 Å². The van der Waals surface area contributed by atoms with Gasteiger partial charge in [-0.1, -0.05) is 12.1 Å². The van der Waals surface area contributed by atoms with Gasteiger partial charge in [0.25, 0.3) is 5.91 Å². The van der Waals surface area contributed by atoms with Crippen molar-refractivity contribution in [1.82, 2.24) is 5.32 Å². The van der Waals surface area contributed by atoms with Gasteiger partial charge in [0.05, 0.1) is 32.0 Å². The third kappa shape index (κ3) is 6.01. The average Bonchev–Trinajstić information content (AvgIpc) is 2.70. The van der Waals surface area contributed by atoms with E-state index in [1.807, 2.05) is 13.0 Å². The standard InChI is InChI=1S/C20H22N2O6/c1-13-7-8-17(27-3)16(9-13)22-18(23)11-21-19(24)12-28-20(25)14-5-4-6-15(10-14)26-2/h4-10H,11-12H2,1-3H3,(H,21,24)(H,22,23). The van der Waals surface area contributed by atoms with Crippen LogP contribution < -0.4 is 20.1 Å². The van der Waals surface area contributed by atoms with Crippen LogP contribution in [0, 0.1) is 6.92 Å². The Hall–Kier alpha value is -3.55. The van der Waals surface area contributed by atoms with Crippen molar-refractivity contribution in [2.24, 2.45) is 0 Å². The van der Waals surface area contributed by atoms with Crippen molar-refractivity contribution in [3.63, 3.8) is 0 Å². The summed E-state index contributed by atoms with van der Waals surface area (Å²) in [5.74, 6) is -0.679. The lowest BCUT2D eigenvalue weighted by Gasteiger charge is -2.11. The Labute approximate surface area is 162 Å². The zero-order valence-electron chi connectivity index (χ0n) is 15.9. The van der Waals surface area contributed by atoms with Gasteiger partial charge in [0.2, 0.25) is 5.91 Å². The Balaban J connectivity index is 1.79. The predicted molar refractivity (Wildman–Crippen MR) is 103 cm³/mol. The zero-order valence-corrected chi connectivity index (χ0v) is 15.9. The van der Waals surface area contributed by atoms with Gasteiger partial charge < -0.3 is 24.8 Å². The van der Waals surface area contributed by atoms with Gasteiger partial charge in [-0.05, 0) is 42.8 Å². The summed E-state index contributed by atoms with van der Waals surface area (Å²) in [6, 6.07) is 11.7. The molecule has 0 unspecified atom stereocenters. The first kappa shape index (κ1) is 20.8. The summed E-state index contributed by atoms with van der Waals surface area (Å²) >= 11 is 0. The molecular weight excluding hydrogens is 364 g/mol. The molecule has 0 aliphatic rings. The largest absolute Gasteiger partial charge is 0.497 e. The zero-order chi connectivity index (χ0) is 20.5. The van der Waals surface area contributed by atoms with Crippen LogP contribution >= 0.6 is 0 Å². The molecular formula is C20H22N2O6. The van der Waals surface area contributed by atoms with Crippen LogP contribution in [0.3, 0.4) is 0 Å². The number of aryl methyl sites for hydroxylation is 1. The average molecular weight is 386 g/mol. The molecule has 28 heavy (non-hydrogen) atoms. The number of carbonyl (C=O) groups is 3. The maximum atomic E-state index is 12.0. The fourth-order valence-electron chi connectivity index (χ4n) is 2.31. The number of nitrogens with one attached hydrogen (secondary N) is 2. The highest BCUT2D eigenvalue weighted by molar-refractivity contribution is 5.96. The Kier molecular flexibility index (Phi) is 7.38. The van der Waals surface area contributed by atoms with Crippen LogP contribution in [0.15, 0.2) is 42.5 Å². The van der Waals surface area contributed by atoms with Crippen LogP contribution in [0.5, 0.6) is 11.5 Å². The number of amides is 2. The summed E-state index contributed by atoms with van der Waals surface area (Å²) < 4.78 is 15.1. The van der Waals surface area contributed by atoms with E-state index in [2.05, 4.69) is 10.6 Å². The minimum atomic E-state index is -0.664. The van der Waals surface area contributed by atoms with Crippen molar-refractivity contribution < 1.29 is 28.6 Å². The molecule has 0 aromatic heterocycles. The lowest BCUT2D eigenvalue weighted by Crippen LogP contribution is -2.35. The third-order valence-electron chi connectivity index (χ3n) is 3.71. The van der Waals surface area contributed by atoms with Crippen LogP contribution in [0.1, 0.15) is 15.9 Å². The number of rotatable bonds is 8. The second kappa shape index (κ2) is 9.96. The van der Waals surface area contributed by atoms with E-state index in [-0.39, 0.29) is 12.1 Å². The molecule has 0 bridgehead atoms. The number of carbonyl (C=O) groups excluding carboxylic acids is 3. The normalized spacial score (nSPS) is 9.96.